The summed E-state index contributed by atoms with van der Waals surface area (Å²) in [6.45, 7) is -5.17. The van der Waals surface area contributed by atoms with Crippen LogP contribution in [-0.2, 0) is 4.74 Å². The quantitative estimate of drug-likeness (QED) is 0.765. The first kappa shape index (κ1) is 13.4. The highest BCUT2D eigenvalue weighted by Gasteiger charge is 2.44. The molecule has 2 aliphatic rings. The monoisotopic (exact) mass is 392 g/mol. The van der Waals surface area contributed by atoms with Crippen molar-refractivity contribution in [2.75, 3.05) is 38.0 Å². The van der Waals surface area contributed by atoms with E-state index in [4.69, 9.17) is 21.8 Å². The zero-order chi connectivity index (χ0) is 22.6. The number of piperazine rings is 1. The summed E-state index contributed by atoms with van der Waals surface area (Å²) in [5, 5.41) is 0.338. The predicted octanol–water partition coefficient (Wildman–Crippen LogP) is 1.57. The van der Waals surface area contributed by atoms with Crippen molar-refractivity contribution >= 4 is 29.4 Å². The predicted molar refractivity (Wildman–Crippen MR) is 96.4 cm³/mol. The molecule has 0 N–H and O–H groups in total. The van der Waals surface area contributed by atoms with Crippen molar-refractivity contribution in [3.05, 3.63) is 47.1 Å². The van der Waals surface area contributed by atoms with E-state index in [1.54, 1.807) is 0 Å². The molecule has 1 saturated heterocycles. The number of anilines is 1. The van der Waals surface area contributed by atoms with E-state index in [0.29, 0.717) is 9.92 Å². The molecule has 2 aromatic heterocycles. The smallest absolute Gasteiger partial charge is 0.412 e. The van der Waals surface area contributed by atoms with Crippen LogP contribution in [-0.4, -0.2) is 69.9 Å². The van der Waals surface area contributed by atoms with Gasteiger partial charge in [-0.1, -0.05) is 11.6 Å². The highest BCUT2D eigenvalue weighted by molar-refractivity contribution is 6.30. The van der Waals surface area contributed by atoms with Gasteiger partial charge in [-0.3, -0.25) is 9.78 Å². The molecule has 4 rings (SSSR count). The van der Waals surface area contributed by atoms with Gasteiger partial charge in [0.1, 0.15) is 11.5 Å². The van der Waals surface area contributed by atoms with Crippen LogP contribution in [0.5, 0.6) is 0 Å². The molecule has 0 aliphatic carbocycles. The Labute approximate surface area is 166 Å². The van der Waals surface area contributed by atoms with Crippen molar-refractivity contribution in [3.63, 3.8) is 0 Å². The summed E-state index contributed by atoms with van der Waals surface area (Å²) in [7, 11) is 1.43. The highest BCUT2D eigenvalue weighted by Crippen LogP contribution is 2.35. The third-order valence-corrected chi connectivity index (χ3v) is 4.27. The second kappa shape index (κ2) is 7.09. The average molecular weight is 393 g/mol. The minimum Gasteiger partial charge on any atom is -0.419 e. The Balaban J connectivity index is 1.68. The molecule has 2 aliphatic heterocycles. The van der Waals surface area contributed by atoms with Crippen LogP contribution in [0.2, 0.25) is 5.02 Å². The van der Waals surface area contributed by atoms with Gasteiger partial charge in [0.2, 0.25) is 6.23 Å². The summed E-state index contributed by atoms with van der Waals surface area (Å²) in [5.74, 6) is -0.476. The molecule has 140 valence electrons. The van der Waals surface area contributed by atoms with E-state index in [2.05, 4.69) is 15.0 Å². The van der Waals surface area contributed by atoms with Crippen LogP contribution in [0.3, 0.4) is 0 Å². The SMILES string of the molecule is [2H]C1([2H])N(C)CCN(C(=O)OC2c3nccnc3C(=O)N2c2ccc(Cl)cn2)C1([2H])[2H]. The van der Waals surface area contributed by atoms with E-state index in [0.717, 1.165) is 4.90 Å². The fourth-order valence-electron chi connectivity index (χ4n) is 2.68. The first-order chi connectivity index (χ1) is 14.6. The number of fused-ring (bicyclic) bond motifs is 1. The fraction of sp³-hybridized carbons (Fsp3) is 0.353. The maximum absolute atomic E-state index is 13.0. The molecule has 0 bridgehead atoms. The first-order valence-electron chi connectivity index (χ1n) is 10.0. The second-order valence-electron chi connectivity index (χ2n) is 5.83. The molecular formula is C17H17ClN6O3. The van der Waals surface area contributed by atoms with Gasteiger partial charge in [0.05, 0.1) is 7.76 Å². The summed E-state index contributed by atoms with van der Waals surface area (Å²) in [6.07, 6.45) is 1.47. The zero-order valence-electron chi connectivity index (χ0n) is 18.2. The summed E-state index contributed by atoms with van der Waals surface area (Å²) in [6, 6.07) is 2.97. The van der Waals surface area contributed by atoms with Crippen LogP contribution in [0.1, 0.15) is 27.9 Å². The average Bonchev–Trinajstić information content (AvgIpc) is 2.99. The number of carbonyl (C=O) groups excluding carboxylic acids is 2. The largest absolute Gasteiger partial charge is 0.419 e. The molecule has 1 fully saturated rings. The number of hydrogen-bond acceptors (Lipinski definition) is 7. The van der Waals surface area contributed by atoms with Gasteiger partial charge in [-0.05, 0) is 19.2 Å². The number of likely N-dealkylation sites (N-methyl/N-ethyl adjacent to an activating group) is 1. The highest BCUT2D eigenvalue weighted by atomic mass is 35.5. The standard InChI is InChI=1S/C17H17ClN6O3/c1-22-6-8-23(9-7-22)17(26)27-16-14-13(19-4-5-20-14)15(25)24(16)12-3-2-11(18)10-21-12/h2-5,10,16H,6-9H2,1H3/i6D2,8D2. The van der Waals surface area contributed by atoms with Gasteiger partial charge < -0.3 is 14.5 Å². The van der Waals surface area contributed by atoms with Gasteiger partial charge in [-0.15, -0.1) is 0 Å². The number of halogens is 1. The van der Waals surface area contributed by atoms with Gasteiger partial charge in [-0.2, -0.15) is 0 Å². The fourth-order valence-corrected chi connectivity index (χ4v) is 2.80. The van der Waals surface area contributed by atoms with Crippen molar-refractivity contribution in [1.29, 1.82) is 0 Å². The van der Waals surface area contributed by atoms with E-state index < -0.39 is 31.2 Å². The number of rotatable bonds is 2. The number of aromatic nitrogens is 3. The van der Waals surface area contributed by atoms with E-state index in [1.165, 1.54) is 42.7 Å². The Hall–Kier alpha value is -2.78. The molecule has 27 heavy (non-hydrogen) atoms. The molecule has 0 saturated carbocycles. The lowest BCUT2D eigenvalue weighted by molar-refractivity contribution is 0.0476. The third-order valence-electron chi connectivity index (χ3n) is 4.04. The van der Waals surface area contributed by atoms with Crippen molar-refractivity contribution in [1.82, 2.24) is 24.8 Å². The second-order valence-corrected chi connectivity index (χ2v) is 6.27. The van der Waals surface area contributed by atoms with Gasteiger partial charge >= 0.3 is 6.09 Å². The molecule has 0 aromatic carbocycles. The minimum absolute atomic E-state index is 0.0335. The molecule has 4 heterocycles. The summed E-state index contributed by atoms with van der Waals surface area (Å²) in [5.41, 5.74) is 0.0315. The minimum atomic E-state index is -2.69. The van der Waals surface area contributed by atoms with Crippen molar-refractivity contribution in [2.24, 2.45) is 0 Å². The number of hydrogen-bond donors (Lipinski definition) is 0. The van der Waals surface area contributed by atoms with Crippen LogP contribution in [0.15, 0.2) is 30.7 Å². The zero-order valence-corrected chi connectivity index (χ0v) is 14.9. The molecule has 2 amide bonds. The Bertz CT molecular complexity index is 1040. The maximum Gasteiger partial charge on any atom is 0.412 e. The van der Waals surface area contributed by atoms with E-state index in [9.17, 15) is 9.59 Å². The molecule has 9 nitrogen and oxygen atoms in total. The van der Waals surface area contributed by atoms with Gasteiger partial charge in [0.15, 0.2) is 5.69 Å². The van der Waals surface area contributed by atoms with Crippen molar-refractivity contribution < 1.29 is 19.8 Å². The first-order valence-corrected chi connectivity index (χ1v) is 8.39. The molecule has 1 unspecified atom stereocenters. The number of pyridine rings is 1. The maximum atomic E-state index is 13.0. The number of ether oxygens (including phenoxy) is 1. The van der Waals surface area contributed by atoms with E-state index in [-0.39, 0.29) is 30.3 Å². The molecule has 1 atom stereocenters. The topological polar surface area (TPSA) is 91.8 Å². The van der Waals surface area contributed by atoms with Crippen LogP contribution in [0.4, 0.5) is 10.6 Å². The molecular weight excluding hydrogens is 372 g/mol. The lowest BCUT2D eigenvalue weighted by atomic mass is 10.3. The number of carbonyl (C=O) groups is 2. The van der Waals surface area contributed by atoms with Crippen LogP contribution in [0, 0.1) is 0 Å². The lowest BCUT2D eigenvalue weighted by Gasteiger charge is -2.33. The van der Waals surface area contributed by atoms with Gasteiger partial charge in [0.25, 0.3) is 5.91 Å². The number of nitrogens with zero attached hydrogens (tertiary/aromatic N) is 6. The Morgan fingerprint density at radius 1 is 1.26 bits per heavy atom. The Kier molecular flexibility index (Phi) is 3.52. The van der Waals surface area contributed by atoms with Crippen LogP contribution >= 0.6 is 11.6 Å². The molecule has 0 spiro atoms. The Morgan fingerprint density at radius 3 is 2.85 bits per heavy atom. The molecule has 0 radical (unpaired) electrons. The normalized spacial score (nSPS) is 25.9. The summed E-state index contributed by atoms with van der Waals surface area (Å²) >= 11 is 5.87. The van der Waals surface area contributed by atoms with Crippen LogP contribution < -0.4 is 4.90 Å². The van der Waals surface area contributed by atoms with Gasteiger partial charge in [-0.25, -0.2) is 19.7 Å². The Morgan fingerprint density at radius 2 is 2.07 bits per heavy atom. The third kappa shape index (κ3) is 3.31. The van der Waals surface area contributed by atoms with Crippen LogP contribution in [0.25, 0.3) is 0 Å². The molecule has 2 aromatic rings. The number of amides is 2. The van der Waals surface area contributed by atoms with Gasteiger partial charge in [0, 0.05) is 47.4 Å². The summed E-state index contributed by atoms with van der Waals surface area (Å²) in [4.78, 5) is 41.0. The summed E-state index contributed by atoms with van der Waals surface area (Å²) < 4.78 is 38.0. The molecule has 10 heteroatoms. The lowest BCUT2D eigenvalue weighted by Crippen LogP contribution is -2.48. The van der Waals surface area contributed by atoms with Crippen molar-refractivity contribution in [3.8, 4) is 0 Å². The van der Waals surface area contributed by atoms with E-state index >= 15 is 0 Å². The van der Waals surface area contributed by atoms with Crippen molar-refractivity contribution in [2.45, 2.75) is 6.23 Å². The van der Waals surface area contributed by atoms with E-state index in [1.807, 2.05) is 0 Å².